The number of hydrogen-bond donors (Lipinski definition) is 1. The second-order valence-electron chi connectivity index (χ2n) is 4.61. The topological polar surface area (TPSA) is 29.3 Å². The summed E-state index contributed by atoms with van der Waals surface area (Å²) in [5.41, 5.74) is 6.68. The van der Waals surface area contributed by atoms with Crippen LogP contribution in [0.1, 0.15) is 31.4 Å². The molecule has 3 heteroatoms. The predicted molar refractivity (Wildman–Crippen MR) is 63.6 cm³/mol. The normalized spacial score (nSPS) is 23.6. The lowest BCUT2D eigenvalue weighted by atomic mass is 10.1. The van der Waals surface area contributed by atoms with Crippen LogP contribution in [0, 0.1) is 5.82 Å². The molecule has 1 fully saturated rings. The van der Waals surface area contributed by atoms with Gasteiger partial charge in [-0.2, -0.15) is 0 Å². The molecule has 1 aromatic carbocycles. The number of nitrogens with zero attached hydrogens (tertiary/aromatic N) is 1. The average molecular weight is 222 g/mol. The summed E-state index contributed by atoms with van der Waals surface area (Å²) >= 11 is 0. The molecule has 16 heavy (non-hydrogen) atoms. The quantitative estimate of drug-likeness (QED) is 0.850. The van der Waals surface area contributed by atoms with E-state index in [1.807, 2.05) is 6.07 Å². The Bertz CT molecular complexity index is 354. The largest absolute Gasteiger partial charge is 0.323 e. The molecule has 2 N–H and O–H groups in total. The summed E-state index contributed by atoms with van der Waals surface area (Å²) < 4.78 is 13.5. The summed E-state index contributed by atoms with van der Waals surface area (Å²) in [5, 5.41) is 0. The van der Waals surface area contributed by atoms with Crippen LogP contribution in [0.2, 0.25) is 0 Å². The van der Waals surface area contributed by atoms with Crippen LogP contribution < -0.4 is 5.73 Å². The highest BCUT2D eigenvalue weighted by atomic mass is 19.1. The van der Waals surface area contributed by atoms with Crippen molar-refractivity contribution in [3.63, 3.8) is 0 Å². The molecule has 2 rings (SSSR count). The maximum Gasteiger partial charge on any atom is 0.128 e. The van der Waals surface area contributed by atoms with Gasteiger partial charge >= 0.3 is 0 Å². The molecule has 0 amide bonds. The molecule has 0 aromatic heterocycles. The van der Waals surface area contributed by atoms with E-state index in [9.17, 15) is 4.39 Å². The summed E-state index contributed by atoms with van der Waals surface area (Å²) in [5.74, 6) is -0.193. The van der Waals surface area contributed by atoms with E-state index < -0.39 is 0 Å². The van der Waals surface area contributed by atoms with Gasteiger partial charge in [0.15, 0.2) is 0 Å². The highest BCUT2D eigenvalue weighted by Crippen LogP contribution is 2.21. The lowest BCUT2D eigenvalue weighted by molar-refractivity contribution is 0.251. The second-order valence-corrected chi connectivity index (χ2v) is 4.61. The molecule has 88 valence electrons. The molecule has 1 aliphatic rings. The summed E-state index contributed by atoms with van der Waals surface area (Å²) in [7, 11) is 0. The Morgan fingerprint density at radius 1 is 1.50 bits per heavy atom. The molecule has 2 atom stereocenters. The van der Waals surface area contributed by atoms with Crippen LogP contribution in [0.4, 0.5) is 4.39 Å². The molecule has 1 unspecified atom stereocenters. The molecule has 0 radical (unpaired) electrons. The molecular formula is C13H19FN2. The van der Waals surface area contributed by atoms with Crippen molar-refractivity contribution < 1.29 is 4.39 Å². The zero-order valence-electron chi connectivity index (χ0n) is 9.70. The third kappa shape index (κ3) is 2.42. The first-order valence-electron chi connectivity index (χ1n) is 5.92. The number of benzene rings is 1. The van der Waals surface area contributed by atoms with Gasteiger partial charge in [0, 0.05) is 24.2 Å². The van der Waals surface area contributed by atoms with Crippen LogP contribution >= 0.6 is 0 Å². The highest BCUT2D eigenvalue weighted by molar-refractivity contribution is 5.21. The van der Waals surface area contributed by atoms with Gasteiger partial charge in [-0.25, -0.2) is 4.39 Å². The maximum atomic E-state index is 13.5. The van der Waals surface area contributed by atoms with Gasteiger partial charge in [-0.05, 0) is 32.4 Å². The fourth-order valence-electron chi connectivity index (χ4n) is 2.39. The van der Waals surface area contributed by atoms with Crippen LogP contribution in [0.5, 0.6) is 0 Å². The minimum atomic E-state index is -0.221. The van der Waals surface area contributed by atoms with Crippen molar-refractivity contribution in [2.45, 2.75) is 31.8 Å². The Hall–Kier alpha value is -0.930. The van der Waals surface area contributed by atoms with Gasteiger partial charge in [0.2, 0.25) is 0 Å². The minimum absolute atomic E-state index is 0.193. The molecule has 0 bridgehead atoms. The Kier molecular flexibility index (Phi) is 3.56. The SMILES string of the molecule is CC1CCCN1C[C@@H](N)c1ccccc1F. The molecular weight excluding hydrogens is 203 g/mol. The molecule has 2 nitrogen and oxygen atoms in total. The van der Waals surface area contributed by atoms with Crippen molar-refractivity contribution in [3.05, 3.63) is 35.6 Å². The van der Waals surface area contributed by atoms with Gasteiger partial charge in [-0.1, -0.05) is 18.2 Å². The smallest absolute Gasteiger partial charge is 0.128 e. The zero-order valence-corrected chi connectivity index (χ0v) is 9.70. The van der Waals surface area contributed by atoms with E-state index in [2.05, 4.69) is 11.8 Å². The van der Waals surface area contributed by atoms with Crippen molar-refractivity contribution in [3.8, 4) is 0 Å². The van der Waals surface area contributed by atoms with Gasteiger partial charge in [0.25, 0.3) is 0 Å². The van der Waals surface area contributed by atoms with Crippen molar-refractivity contribution >= 4 is 0 Å². The highest BCUT2D eigenvalue weighted by Gasteiger charge is 2.23. The maximum absolute atomic E-state index is 13.5. The van der Waals surface area contributed by atoms with Crippen molar-refractivity contribution in [2.75, 3.05) is 13.1 Å². The van der Waals surface area contributed by atoms with E-state index in [4.69, 9.17) is 5.73 Å². The molecule has 1 aromatic rings. The number of halogens is 1. The van der Waals surface area contributed by atoms with Gasteiger partial charge in [0.05, 0.1) is 0 Å². The Morgan fingerprint density at radius 3 is 2.88 bits per heavy atom. The molecule has 1 saturated heterocycles. The van der Waals surface area contributed by atoms with Gasteiger partial charge in [-0.15, -0.1) is 0 Å². The van der Waals surface area contributed by atoms with Crippen LogP contribution in [0.15, 0.2) is 24.3 Å². The van der Waals surface area contributed by atoms with Gasteiger partial charge < -0.3 is 5.73 Å². The molecule has 1 aliphatic heterocycles. The summed E-state index contributed by atoms with van der Waals surface area (Å²) in [4.78, 5) is 2.34. The number of hydrogen-bond acceptors (Lipinski definition) is 2. The summed E-state index contributed by atoms with van der Waals surface area (Å²) in [6.07, 6.45) is 2.45. The summed E-state index contributed by atoms with van der Waals surface area (Å²) in [6.45, 7) is 4.05. The first-order chi connectivity index (χ1) is 7.68. The lowest BCUT2D eigenvalue weighted by Crippen LogP contribution is -2.34. The first-order valence-corrected chi connectivity index (χ1v) is 5.92. The van der Waals surface area contributed by atoms with E-state index >= 15 is 0 Å². The molecule has 0 saturated carbocycles. The van der Waals surface area contributed by atoms with Gasteiger partial charge in [-0.3, -0.25) is 4.90 Å². The monoisotopic (exact) mass is 222 g/mol. The Morgan fingerprint density at radius 2 is 2.25 bits per heavy atom. The molecule has 0 aliphatic carbocycles. The fourth-order valence-corrected chi connectivity index (χ4v) is 2.39. The fraction of sp³-hybridized carbons (Fsp3) is 0.538. The Balaban J connectivity index is 2.03. The first kappa shape index (κ1) is 11.6. The lowest BCUT2D eigenvalue weighted by Gasteiger charge is -2.25. The Labute approximate surface area is 96.2 Å². The number of nitrogens with two attached hydrogens (primary N) is 1. The second kappa shape index (κ2) is 4.93. The average Bonchev–Trinajstić information content (AvgIpc) is 2.65. The van der Waals surface area contributed by atoms with Crippen LogP contribution in [-0.2, 0) is 0 Å². The third-order valence-electron chi connectivity index (χ3n) is 3.43. The summed E-state index contributed by atoms with van der Waals surface area (Å²) in [6, 6.07) is 7.15. The van der Waals surface area contributed by atoms with E-state index in [-0.39, 0.29) is 11.9 Å². The predicted octanol–water partition coefficient (Wildman–Crippen LogP) is 2.31. The minimum Gasteiger partial charge on any atom is -0.323 e. The number of likely N-dealkylation sites (tertiary alicyclic amines) is 1. The van der Waals surface area contributed by atoms with Crippen LogP contribution in [0.3, 0.4) is 0 Å². The van der Waals surface area contributed by atoms with E-state index in [0.29, 0.717) is 11.6 Å². The van der Waals surface area contributed by atoms with Crippen molar-refractivity contribution in [1.29, 1.82) is 0 Å². The zero-order chi connectivity index (χ0) is 11.5. The van der Waals surface area contributed by atoms with E-state index in [1.54, 1.807) is 12.1 Å². The van der Waals surface area contributed by atoms with E-state index in [0.717, 1.165) is 13.1 Å². The van der Waals surface area contributed by atoms with Crippen molar-refractivity contribution in [2.24, 2.45) is 5.73 Å². The van der Waals surface area contributed by atoms with E-state index in [1.165, 1.54) is 18.9 Å². The number of rotatable bonds is 3. The van der Waals surface area contributed by atoms with Crippen LogP contribution in [0.25, 0.3) is 0 Å². The third-order valence-corrected chi connectivity index (χ3v) is 3.43. The molecule has 0 spiro atoms. The van der Waals surface area contributed by atoms with Crippen molar-refractivity contribution in [1.82, 2.24) is 4.90 Å². The van der Waals surface area contributed by atoms with Gasteiger partial charge in [0.1, 0.15) is 5.82 Å². The van der Waals surface area contributed by atoms with Crippen LogP contribution in [-0.4, -0.2) is 24.0 Å². The molecule has 1 heterocycles. The standard InChI is InChI=1S/C13H19FN2/c1-10-5-4-8-16(10)9-13(15)11-6-2-3-7-12(11)14/h2-3,6-7,10,13H,4-5,8-9,15H2,1H3/t10?,13-/m1/s1.